The molecule has 32 heavy (non-hydrogen) atoms. The molecule has 1 aromatic heterocycles. The van der Waals surface area contributed by atoms with Gasteiger partial charge in [-0.3, -0.25) is 4.79 Å². The largest absolute Gasteiger partial charge is 0.416 e. The molecule has 0 spiro atoms. The molecule has 0 unspecified atom stereocenters. The maximum Gasteiger partial charge on any atom is 0.277 e. The molecule has 1 amide bonds. The number of amides is 1. The molecule has 1 aromatic carbocycles. The summed E-state index contributed by atoms with van der Waals surface area (Å²) in [6.45, 7) is 0.339. The maximum atomic E-state index is 13.0. The summed E-state index contributed by atoms with van der Waals surface area (Å²) in [4.78, 5) is 14.7. The Balaban J connectivity index is 1.37. The van der Waals surface area contributed by atoms with Gasteiger partial charge in [-0.05, 0) is 24.3 Å². The van der Waals surface area contributed by atoms with Gasteiger partial charge in [0.2, 0.25) is 11.8 Å². The Morgan fingerprint density at radius 3 is 2.41 bits per heavy atom. The van der Waals surface area contributed by atoms with Crippen LogP contribution < -0.4 is 0 Å². The highest BCUT2D eigenvalue weighted by atomic mass is 32.2. The second-order valence-corrected chi connectivity index (χ2v) is 13.7. The summed E-state index contributed by atoms with van der Waals surface area (Å²) in [7, 11) is -6.10. The molecule has 2 aliphatic rings. The molecule has 2 aromatic rings. The zero-order valence-electron chi connectivity index (χ0n) is 17.4. The van der Waals surface area contributed by atoms with Gasteiger partial charge in [-0.25, -0.2) is 16.8 Å². The number of hydrogen-bond acceptors (Lipinski definition) is 9. The number of sulfone groups is 2. The minimum Gasteiger partial charge on any atom is -0.416 e. The average molecular weight is 500 g/mol. The molecule has 0 N–H and O–H groups in total. The van der Waals surface area contributed by atoms with Crippen molar-refractivity contribution in [2.24, 2.45) is 5.92 Å². The van der Waals surface area contributed by atoms with Crippen LogP contribution in [0.4, 0.5) is 0 Å². The van der Waals surface area contributed by atoms with E-state index < -0.39 is 19.7 Å². The molecule has 9 nitrogen and oxygen atoms in total. The van der Waals surface area contributed by atoms with E-state index in [0.717, 1.165) is 17.3 Å². The first-order chi connectivity index (χ1) is 15.2. The van der Waals surface area contributed by atoms with E-state index in [1.807, 2.05) is 30.3 Å². The first kappa shape index (κ1) is 23.2. The van der Waals surface area contributed by atoms with Crippen LogP contribution in [0.5, 0.6) is 0 Å². The molecule has 0 radical (unpaired) electrons. The summed E-state index contributed by atoms with van der Waals surface area (Å²) < 4.78 is 52.8. The molecule has 0 bridgehead atoms. The smallest absolute Gasteiger partial charge is 0.277 e. The van der Waals surface area contributed by atoms with Crippen molar-refractivity contribution in [2.45, 2.75) is 37.1 Å². The summed E-state index contributed by atoms with van der Waals surface area (Å²) >= 11 is 1.11. The molecule has 3 heterocycles. The molecule has 2 atom stereocenters. The fourth-order valence-electron chi connectivity index (χ4n) is 4.09. The molecular formula is C20H25N3O6S3. The van der Waals surface area contributed by atoms with Crippen molar-refractivity contribution in [3.63, 3.8) is 0 Å². The number of benzene rings is 1. The molecule has 0 aliphatic carbocycles. The number of carbonyl (C=O) groups excluding carboxylic acids is 1. The van der Waals surface area contributed by atoms with Gasteiger partial charge in [-0.2, -0.15) is 0 Å². The highest BCUT2D eigenvalue weighted by molar-refractivity contribution is 7.99. The van der Waals surface area contributed by atoms with Crippen molar-refractivity contribution in [3.8, 4) is 0 Å². The van der Waals surface area contributed by atoms with E-state index in [1.54, 1.807) is 4.90 Å². The Morgan fingerprint density at radius 2 is 1.75 bits per heavy atom. The molecule has 2 saturated heterocycles. The van der Waals surface area contributed by atoms with E-state index in [1.165, 1.54) is 0 Å². The molecular weight excluding hydrogens is 474 g/mol. The molecule has 0 saturated carbocycles. The van der Waals surface area contributed by atoms with Crippen molar-refractivity contribution < 1.29 is 26.0 Å². The van der Waals surface area contributed by atoms with Crippen LogP contribution in [-0.2, 0) is 37.4 Å². The lowest BCUT2D eigenvalue weighted by molar-refractivity contribution is -0.130. The van der Waals surface area contributed by atoms with E-state index in [-0.39, 0.29) is 51.9 Å². The third kappa shape index (κ3) is 6.10. The standard InChI is InChI=1S/C20H25N3O6S3/c24-19(12-30-20-22-21-18(29-20)10-16-6-8-31(25,26)13-16)23(11-15-4-2-1-3-5-15)17-7-9-32(27,28)14-17/h1-5,16-17H,6-14H2/t16-,17-/m0/s1. The van der Waals surface area contributed by atoms with Gasteiger partial charge < -0.3 is 9.32 Å². The average Bonchev–Trinajstić information content (AvgIpc) is 3.43. The fourth-order valence-corrected chi connectivity index (χ4v) is 8.35. The number of carbonyl (C=O) groups is 1. The third-order valence-corrected chi connectivity index (χ3v) is 10.1. The van der Waals surface area contributed by atoms with Gasteiger partial charge >= 0.3 is 0 Å². The number of hydrogen-bond donors (Lipinski definition) is 0. The normalized spacial score (nSPS) is 23.9. The number of aromatic nitrogens is 2. The van der Waals surface area contributed by atoms with Crippen LogP contribution >= 0.6 is 11.8 Å². The Kier molecular flexibility index (Phi) is 6.91. The van der Waals surface area contributed by atoms with Crippen LogP contribution in [-0.4, -0.2) is 72.6 Å². The van der Waals surface area contributed by atoms with E-state index in [4.69, 9.17) is 4.42 Å². The molecule has 12 heteroatoms. The van der Waals surface area contributed by atoms with Gasteiger partial charge in [-0.15, -0.1) is 10.2 Å². The minimum absolute atomic E-state index is 0.0226. The van der Waals surface area contributed by atoms with Crippen molar-refractivity contribution in [1.29, 1.82) is 0 Å². The maximum absolute atomic E-state index is 13.0. The topological polar surface area (TPSA) is 128 Å². The minimum atomic E-state index is -3.13. The number of thioether (sulfide) groups is 1. The summed E-state index contributed by atoms with van der Waals surface area (Å²) in [5.41, 5.74) is 0.932. The van der Waals surface area contributed by atoms with Crippen molar-refractivity contribution >= 4 is 37.3 Å². The van der Waals surface area contributed by atoms with E-state index >= 15 is 0 Å². The Labute approximate surface area is 191 Å². The van der Waals surface area contributed by atoms with E-state index in [0.29, 0.717) is 31.7 Å². The Bertz CT molecular complexity index is 1160. The highest BCUT2D eigenvalue weighted by Crippen LogP contribution is 2.25. The molecule has 2 aliphatic heterocycles. The van der Waals surface area contributed by atoms with E-state index in [9.17, 15) is 21.6 Å². The Hall–Kier alpha value is -1.92. The predicted octanol–water partition coefficient (Wildman–Crippen LogP) is 1.35. The lowest BCUT2D eigenvalue weighted by Gasteiger charge is -2.28. The second-order valence-electron chi connectivity index (χ2n) is 8.29. The van der Waals surface area contributed by atoms with Crippen molar-refractivity contribution in [2.75, 3.05) is 28.8 Å². The highest BCUT2D eigenvalue weighted by Gasteiger charge is 2.35. The number of rotatable bonds is 8. The fraction of sp³-hybridized carbons (Fsp3) is 0.550. The lowest BCUT2D eigenvalue weighted by Crippen LogP contribution is -2.41. The van der Waals surface area contributed by atoms with Gasteiger partial charge in [0.05, 0.1) is 28.8 Å². The zero-order chi connectivity index (χ0) is 22.8. The van der Waals surface area contributed by atoms with Crippen LogP contribution in [0, 0.1) is 5.92 Å². The van der Waals surface area contributed by atoms with Crippen molar-refractivity contribution in [1.82, 2.24) is 15.1 Å². The van der Waals surface area contributed by atoms with Crippen LogP contribution in [0.15, 0.2) is 40.0 Å². The zero-order valence-corrected chi connectivity index (χ0v) is 19.9. The summed E-state index contributed by atoms with van der Waals surface area (Å²) in [6, 6.07) is 9.12. The first-order valence-corrected chi connectivity index (χ1v) is 15.0. The Morgan fingerprint density at radius 1 is 1.03 bits per heavy atom. The summed E-state index contributed by atoms with van der Waals surface area (Å²) in [5, 5.41) is 8.18. The van der Waals surface area contributed by atoms with Gasteiger partial charge in [0.25, 0.3) is 5.22 Å². The monoisotopic (exact) mass is 499 g/mol. The SMILES string of the molecule is O=C(CSc1nnc(C[C@@H]2CCS(=O)(=O)C2)o1)N(Cc1ccccc1)[C@H]1CCS(=O)(=O)C1. The van der Waals surface area contributed by atoms with Gasteiger partial charge in [-0.1, -0.05) is 42.1 Å². The molecule has 174 valence electrons. The summed E-state index contributed by atoms with van der Waals surface area (Å²) in [6.07, 6.45) is 1.42. The van der Waals surface area contributed by atoms with Crippen LogP contribution in [0.1, 0.15) is 24.3 Å². The number of nitrogens with zero attached hydrogens (tertiary/aromatic N) is 3. The van der Waals surface area contributed by atoms with Gasteiger partial charge in [0, 0.05) is 19.0 Å². The molecule has 2 fully saturated rings. The van der Waals surface area contributed by atoms with Crippen LogP contribution in [0.2, 0.25) is 0 Å². The van der Waals surface area contributed by atoms with Crippen LogP contribution in [0.3, 0.4) is 0 Å². The summed E-state index contributed by atoms with van der Waals surface area (Å²) in [5.74, 6) is 0.588. The first-order valence-electron chi connectivity index (χ1n) is 10.4. The quantitative estimate of drug-likeness (QED) is 0.494. The van der Waals surface area contributed by atoms with Gasteiger partial charge in [0.15, 0.2) is 19.7 Å². The third-order valence-electron chi connectivity index (χ3n) is 5.72. The predicted molar refractivity (Wildman–Crippen MR) is 120 cm³/mol. The molecule has 4 rings (SSSR count). The van der Waals surface area contributed by atoms with Gasteiger partial charge in [0.1, 0.15) is 0 Å². The second kappa shape index (κ2) is 9.52. The lowest BCUT2D eigenvalue weighted by atomic mass is 10.1. The van der Waals surface area contributed by atoms with Crippen LogP contribution in [0.25, 0.3) is 0 Å². The van der Waals surface area contributed by atoms with Crippen molar-refractivity contribution in [3.05, 3.63) is 41.8 Å². The van der Waals surface area contributed by atoms with E-state index in [2.05, 4.69) is 10.2 Å².